The second-order valence-electron chi connectivity index (χ2n) is 8.06. The molecule has 2 fully saturated rings. The summed E-state index contributed by atoms with van der Waals surface area (Å²) in [5.41, 5.74) is 3.50. The minimum absolute atomic E-state index is 0.316. The van der Waals surface area contributed by atoms with Crippen LogP contribution in [0.25, 0.3) is 5.65 Å². The summed E-state index contributed by atoms with van der Waals surface area (Å²) >= 11 is 0. The van der Waals surface area contributed by atoms with Gasteiger partial charge in [0.2, 0.25) is 0 Å². The Kier molecular flexibility index (Phi) is 4.74. The quantitative estimate of drug-likeness (QED) is 0.700. The molecule has 3 aromatic rings. The number of piperazine rings is 1. The van der Waals surface area contributed by atoms with E-state index in [-0.39, 0.29) is 0 Å². The van der Waals surface area contributed by atoms with E-state index in [2.05, 4.69) is 61.6 Å². The Labute approximate surface area is 166 Å². The van der Waals surface area contributed by atoms with E-state index in [1.807, 2.05) is 18.5 Å². The molecule has 0 bridgehead atoms. The van der Waals surface area contributed by atoms with E-state index in [0.717, 1.165) is 44.9 Å². The van der Waals surface area contributed by atoms with Gasteiger partial charge in [-0.25, -0.2) is 4.98 Å². The van der Waals surface area contributed by atoms with Gasteiger partial charge in [0.1, 0.15) is 11.5 Å². The van der Waals surface area contributed by atoms with Crippen molar-refractivity contribution in [1.82, 2.24) is 24.2 Å². The molecule has 1 atom stereocenters. The molecule has 0 aromatic carbocycles. The first-order valence-electron chi connectivity index (χ1n) is 10.3. The van der Waals surface area contributed by atoms with Crippen molar-refractivity contribution in [3.8, 4) is 0 Å². The van der Waals surface area contributed by atoms with Gasteiger partial charge in [0.25, 0.3) is 0 Å². The largest absolute Gasteiger partial charge is 0.358 e. The van der Waals surface area contributed by atoms with Crippen LogP contribution in [0.1, 0.15) is 30.1 Å². The first kappa shape index (κ1) is 17.6. The molecule has 0 amide bonds. The minimum Gasteiger partial charge on any atom is -0.358 e. The van der Waals surface area contributed by atoms with E-state index in [1.165, 1.54) is 29.9 Å². The van der Waals surface area contributed by atoms with Crippen LogP contribution in [0.2, 0.25) is 0 Å². The van der Waals surface area contributed by atoms with Crippen LogP contribution in [-0.2, 0) is 6.54 Å². The molecule has 2 aliphatic heterocycles. The van der Waals surface area contributed by atoms with Crippen LogP contribution in [0.5, 0.6) is 0 Å². The van der Waals surface area contributed by atoms with Gasteiger partial charge in [-0.3, -0.25) is 19.2 Å². The number of fused-ring (bicyclic) bond motifs is 1. The predicted molar refractivity (Wildman–Crippen MR) is 112 cm³/mol. The summed E-state index contributed by atoms with van der Waals surface area (Å²) in [7, 11) is 2.22. The van der Waals surface area contributed by atoms with Crippen molar-refractivity contribution in [2.45, 2.75) is 25.4 Å². The average molecular weight is 377 g/mol. The molecule has 5 rings (SSSR count). The summed E-state index contributed by atoms with van der Waals surface area (Å²) in [4.78, 5) is 16.7. The van der Waals surface area contributed by atoms with Crippen molar-refractivity contribution in [3.63, 3.8) is 0 Å². The SMILES string of the molecule is CN1CCN(Cc2cccnc2)CC1c1cn2c(N3CCCC3)cccc2n1. The third kappa shape index (κ3) is 3.38. The standard InChI is InChI=1S/C22H28N6/c1-25-12-13-26(15-18-6-5-9-23-14-18)17-20(25)19-16-28-21(24-19)7-4-8-22(28)27-10-2-3-11-27/h4-9,14,16,20H,2-3,10-13,15,17H2,1H3. The Bertz CT molecular complexity index is 931. The number of hydrogen-bond acceptors (Lipinski definition) is 5. The molecule has 6 heteroatoms. The lowest BCUT2D eigenvalue weighted by Crippen LogP contribution is -2.46. The Morgan fingerprint density at radius 1 is 1.04 bits per heavy atom. The summed E-state index contributed by atoms with van der Waals surface area (Å²) < 4.78 is 2.29. The van der Waals surface area contributed by atoms with E-state index in [1.54, 1.807) is 0 Å². The van der Waals surface area contributed by atoms with Crippen LogP contribution in [0.3, 0.4) is 0 Å². The zero-order valence-electron chi connectivity index (χ0n) is 16.5. The first-order valence-corrected chi connectivity index (χ1v) is 10.3. The van der Waals surface area contributed by atoms with Gasteiger partial charge >= 0.3 is 0 Å². The molecule has 3 aromatic heterocycles. The van der Waals surface area contributed by atoms with Crippen molar-refractivity contribution >= 4 is 11.5 Å². The first-order chi connectivity index (χ1) is 13.8. The predicted octanol–water partition coefficient (Wildman–Crippen LogP) is 2.82. The lowest BCUT2D eigenvalue weighted by molar-refractivity contribution is 0.0885. The molecule has 0 radical (unpaired) electrons. The molecule has 6 nitrogen and oxygen atoms in total. The molecule has 5 heterocycles. The second kappa shape index (κ2) is 7.53. The van der Waals surface area contributed by atoms with E-state index in [0.29, 0.717) is 6.04 Å². The van der Waals surface area contributed by atoms with Crippen LogP contribution in [-0.4, -0.2) is 63.9 Å². The van der Waals surface area contributed by atoms with Gasteiger partial charge in [-0.15, -0.1) is 0 Å². The number of nitrogens with zero attached hydrogens (tertiary/aromatic N) is 6. The highest BCUT2D eigenvalue weighted by atomic mass is 15.3. The highest BCUT2D eigenvalue weighted by molar-refractivity contribution is 5.53. The fourth-order valence-corrected chi connectivity index (χ4v) is 4.52. The molecule has 0 aliphatic carbocycles. The molecule has 0 saturated carbocycles. The van der Waals surface area contributed by atoms with E-state index >= 15 is 0 Å². The van der Waals surface area contributed by atoms with Gasteiger partial charge in [-0.2, -0.15) is 0 Å². The van der Waals surface area contributed by atoms with Crippen molar-refractivity contribution < 1.29 is 0 Å². The fourth-order valence-electron chi connectivity index (χ4n) is 4.52. The molecule has 146 valence electrons. The zero-order chi connectivity index (χ0) is 18.9. The number of anilines is 1. The Morgan fingerprint density at radius 2 is 1.93 bits per heavy atom. The second-order valence-corrected chi connectivity index (χ2v) is 8.06. The van der Waals surface area contributed by atoms with Crippen molar-refractivity contribution in [2.24, 2.45) is 0 Å². The van der Waals surface area contributed by atoms with Crippen LogP contribution < -0.4 is 4.90 Å². The van der Waals surface area contributed by atoms with Crippen LogP contribution in [0.15, 0.2) is 48.9 Å². The third-order valence-electron chi connectivity index (χ3n) is 6.12. The lowest BCUT2D eigenvalue weighted by atomic mass is 10.1. The van der Waals surface area contributed by atoms with Gasteiger partial charge in [0, 0.05) is 57.9 Å². The van der Waals surface area contributed by atoms with E-state index < -0.39 is 0 Å². The Morgan fingerprint density at radius 3 is 2.75 bits per heavy atom. The average Bonchev–Trinajstić information content (AvgIpc) is 3.40. The van der Waals surface area contributed by atoms with Gasteiger partial charge in [-0.05, 0) is 43.7 Å². The van der Waals surface area contributed by atoms with Crippen LogP contribution in [0, 0.1) is 0 Å². The highest BCUT2D eigenvalue weighted by Gasteiger charge is 2.28. The number of pyridine rings is 2. The number of rotatable bonds is 4. The van der Waals surface area contributed by atoms with Gasteiger partial charge in [-0.1, -0.05) is 12.1 Å². The lowest BCUT2D eigenvalue weighted by Gasteiger charge is -2.38. The number of hydrogen-bond donors (Lipinski definition) is 0. The normalized spacial score (nSPS) is 21.6. The summed E-state index contributed by atoms with van der Waals surface area (Å²) in [6.45, 7) is 6.37. The zero-order valence-corrected chi connectivity index (χ0v) is 16.5. The van der Waals surface area contributed by atoms with Gasteiger partial charge in [0.05, 0.1) is 11.7 Å². The van der Waals surface area contributed by atoms with Gasteiger partial charge < -0.3 is 4.90 Å². The Balaban J connectivity index is 1.40. The molecule has 1 unspecified atom stereocenters. The summed E-state index contributed by atoms with van der Waals surface area (Å²) in [6, 6.07) is 11.0. The molecule has 2 saturated heterocycles. The molecular weight excluding hydrogens is 348 g/mol. The maximum atomic E-state index is 5.02. The summed E-state index contributed by atoms with van der Waals surface area (Å²) in [6.07, 6.45) is 8.64. The minimum atomic E-state index is 0.316. The van der Waals surface area contributed by atoms with Crippen LogP contribution >= 0.6 is 0 Å². The third-order valence-corrected chi connectivity index (χ3v) is 6.12. The van der Waals surface area contributed by atoms with Crippen molar-refractivity contribution in [1.29, 1.82) is 0 Å². The summed E-state index contributed by atoms with van der Waals surface area (Å²) in [5, 5.41) is 0. The molecule has 2 aliphatic rings. The smallest absolute Gasteiger partial charge is 0.138 e. The van der Waals surface area contributed by atoms with Crippen LogP contribution in [0.4, 0.5) is 5.82 Å². The van der Waals surface area contributed by atoms with Crippen molar-refractivity contribution in [2.75, 3.05) is 44.7 Å². The Hall–Kier alpha value is -2.44. The number of imidazole rings is 1. The maximum absolute atomic E-state index is 5.02. The highest BCUT2D eigenvalue weighted by Crippen LogP contribution is 2.28. The number of likely N-dealkylation sites (N-methyl/N-ethyl adjacent to an activating group) is 1. The monoisotopic (exact) mass is 376 g/mol. The topological polar surface area (TPSA) is 39.9 Å². The van der Waals surface area contributed by atoms with E-state index in [9.17, 15) is 0 Å². The van der Waals surface area contributed by atoms with Crippen molar-refractivity contribution in [3.05, 3.63) is 60.2 Å². The molecular formula is C22H28N6. The number of aromatic nitrogens is 3. The van der Waals surface area contributed by atoms with Gasteiger partial charge in [0.15, 0.2) is 0 Å². The van der Waals surface area contributed by atoms with E-state index in [4.69, 9.17) is 4.98 Å². The fraction of sp³-hybridized carbons (Fsp3) is 0.455. The maximum Gasteiger partial charge on any atom is 0.138 e. The molecule has 0 spiro atoms. The molecule has 0 N–H and O–H groups in total. The summed E-state index contributed by atoms with van der Waals surface area (Å²) in [5.74, 6) is 1.28. The molecule has 28 heavy (non-hydrogen) atoms.